The first-order valence-electron chi connectivity index (χ1n) is 7.41. The van der Waals surface area contributed by atoms with E-state index in [-0.39, 0.29) is 46.7 Å². The topological polar surface area (TPSA) is 102 Å². The summed E-state index contributed by atoms with van der Waals surface area (Å²) >= 11 is 0.888. The fourth-order valence-corrected chi connectivity index (χ4v) is 3.51. The molecule has 0 fully saturated rings. The minimum absolute atomic E-state index is 0. The summed E-state index contributed by atoms with van der Waals surface area (Å²) in [7, 11) is 0. The van der Waals surface area contributed by atoms with Crippen molar-refractivity contribution in [3.05, 3.63) is 58.1 Å². The molecular weight excluding hydrogens is 365 g/mol. The van der Waals surface area contributed by atoms with E-state index in [0.717, 1.165) is 11.7 Å². The molecule has 0 spiro atoms. The molecule has 0 bridgehead atoms. The summed E-state index contributed by atoms with van der Waals surface area (Å²) in [6, 6.07) is 12.0. The molecule has 3 aromatic rings. The third-order valence-corrected chi connectivity index (χ3v) is 4.59. The van der Waals surface area contributed by atoms with E-state index in [2.05, 4.69) is 13.8 Å². The first kappa shape index (κ1) is 18.6. The number of aromatic nitrogens is 2. The molecule has 1 amide bonds. The number of carbonyl (C=O) groups excluding carboxylic acids is 1. The Morgan fingerprint density at radius 2 is 1.81 bits per heavy atom. The van der Waals surface area contributed by atoms with Gasteiger partial charge in [-0.15, -0.1) is 0 Å². The Balaban J connectivity index is 0.00000196. The number of anilines is 1. The quantitative estimate of drug-likeness (QED) is 0.396. The molecular formula is C16H12N5NaO3S. The van der Waals surface area contributed by atoms with Gasteiger partial charge in [0.05, 0.1) is 28.1 Å². The van der Waals surface area contributed by atoms with Gasteiger partial charge < -0.3 is 0 Å². The van der Waals surface area contributed by atoms with Crippen molar-refractivity contribution < 1.29 is 9.72 Å². The molecule has 4 rings (SSSR count). The van der Waals surface area contributed by atoms with E-state index < -0.39 is 10.8 Å². The molecule has 1 aromatic heterocycles. The average molecular weight is 377 g/mol. The van der Waals surface area contributed by atoms with Crippen LogP contribution in [0.15, 0.2) is 47.6 Å². The van der Waals surface area contributed by atoms with Crippen molar-refractivity contribution in [1.82, 2.24) is 8.75 Å². The number of fused-ring (bicyclic) bond motifs is 1. The van der Waals surface area contributed by atoms with Gasteiger partial charge in [0, 0.05) is 6.07 Å². The van der Waals surface area contributed by atoms with Crippen molar-refractivity contribution in [2.45, 2.75) is 12.8 Å². The minimum atomic E-state index is -0.632. The van der Waals surface area contributed by atoms with Gasteiger partial charge in [0.25, 0.3) is 11.6 Å². The van der Waals surface area contributed by atoms with Gasteiger partial charge >= 0.3 is 29.6 Å². The molecule has 126 valence electrons. The van der Waals surface area contributed by atoms with Crippen LogP contribution in [-0.2, 0) is 4.79 Å². The number of nitro groups is 1. The molecule has 0 N–H and O–H groups in total. The van der Waals surface area contributed by atoms with Crippen LogP contribution < -0.4 is 5.01 Å². The molecule has 1 aliphatic rings. The molecule has 2 heterocycles. The second kappa shape index (κ2) is 7.20. The molecule has 0 aliphatic carbocycles. The SMILES string of the molecule is CC1=NN(c2ccccc2)C(=O)C1c1ccc([N+](=O)[O-])c2nsnc12.[NaH]. The Kier molecular flexibility index (Phi) is 5.15. The number of benzene rings is 2. The van der Waals surface area contributed by atoms with Crippen LogP contribution in [0.2, 0.25) is 0 Å². The number of amides is 1. The number of hydrogen-bond donors (Lipinski definition) is 0. The van der Waals surface area contributed by atoms with Crippen molar-refractivity contribution in [3.8, 4) is 0 Å². The molecule has 8 nitrogen and oxygen atoms in total. The Morgan fingerprint density at radius 1 is 1.12 bits per heavy atom. The summed E-state index contributed by atoms with van der Waals surface area (Å²) < 4.78 is 8.20. The molecule has 26 heavy (non-hydrogen) atoms. The number of non-ortho nitro benzene ring substituents is 1. The fraction of sp³-hybridized carbons (Fsp3) is 0.125. The first-order valence-corrected chi connectivity index (χ1v) is 8.14. The Labute approximate surface area is 174 Å². The van der Waals surface area contributed by atoms with E-state index in [1.54, 1.807) is 25.1 Å². The number of nitro benzene ring substituents is 1. The summed E-state index contributed by atoms with van der Waals surface area (Å²) in [5.74, 6) is -0.848. The number of para-hydroxylation sites is 1. The number of carbonyl (C=O) groups is 1. The van der Waals surface area contributed by atoms with Crippen LogP contribution in [0.1, 0.15) is 18.4 Å². The van der Waals surface area contributed by atoms with Crippen LogP contribution >= 0.6 is 11.7 Å². The molecule has 1 aliphatic heterocycles. The van der Waals surface area contributed by atoms with Crippen molar-refractivity contribution in [2.75, 3.05) is 5.01 Å². The van der Waals surface area contributed by atoms with Gasteiger partial charge in [-0.3, -0.25) is 14.9 Å². The number of hydrogen-bond acceptors (Lipinski definition) is 7. The zero-order valence-electron chi connectivity index (χ0n) is 13.0. The first-order chi connectivity index (χ1) is 12.1. The van der Waals surface area contributed by atoms with Crippen LogP contribution in [0.25, 0.3) is 11.0 Å². The Bertz CT molecular complexity index is 1040. The number of nitrogens with zero attached hydrogens (tertiary/aromatic N) is 5. The predicted molar refractivity (Wildman–Crippen MR) is 101 cm³/mol. The van der Waals surface area contributed by atoms with Crippen molar-refractivity contribution in [1.29, 1.82) is 0 Å². The summed E-state index contributed by atoms with van der Waals surface area (Å²) in [4.78, 5) is 23.6. The van der Waals surface area contributed by atoms with E-state index in [4.69, 9.17) is 0 Å². The zero-order chi connectivity index (χ0) is 17.6. The molecule has 0 radical (unpaired) electrons. The van der Waals surface area contributed by atoms with Gasteiger partial charge in [-0.25, -0.2) is 0 Å². The van der Waals surface area contributed by atoms with Crippen LogP contribution in [0, 0.1) is 10.1 Å². The molecule has 0 saturated carbocycles. The molecule has 10 heteroatoms. The van der Waals surface area contributed by atoms with E-state index in [0.29, 0.717) is 22.5 Å². The molecule has 0 saturated heterocycles. The Hall–Kier alpha value is -2.20. The standard InChI is InChI=1S/C16H11N5O3S.Na.H/c1-9-13(16(22)20(17-9)10-5-3-2-4-6-10)11-7-8-12(21(23)24)15-14(11)18-25-19-15;;/h2-8,13H,1H3;;. The van der Waals surface area contributed by atoms with Gasteiger partial charge in [0.1, 0.15) is 11.4 Å². The van der Waals surface area contributed by atoms with Gasteiger partial charge in [-0.1, -0.05) is 18.2 Å². The van der Waals surface area contributed by atoms with Crippen molar-refractivity contribution in [2.24, 2.45) is 5.10 Å². The van der Waals surface area contributed by atoms with E-state index in [1.807, 2.05) is 18.2 Å². The summed E-state index contributed by atoms with van der Waals surface area (Å²) in [5, 5.41) is 16.9. The average Bonchev–Trinajstić information content (AvgIpc) is 3.20. The maximum atomic E-state index is 12.9. The van der Waals surface area contributed by atoms with Crippen LogP contribution in [0.5, 0.6) is 0 Å². The Morgan fingerprint density at radius 3 is 2.50 bits per heavy atom. The van der Waals surface area contributed by atoms with E-state index >= 15 is 0 Å². The van der Waals surface area contributed by atoms with Crippen LogP contribution in [-0.4, -0.2) is 54.8 Å². The van der Waals surface area contributed by atoms with E-state index in [1.165, 1.54) is 11.1 Å². The maximum absolute atomic E-state index is 12.9. The van der Waals surface area contributed by atoms with Crippen LogP contribution in [0.4, 0.5) is 11.4 Å². The van der Waals surface area contributed by atoms with Crippen molar-refractivity contribution in [3.63, 3.8) is 0 Å². The third kappa shape index (κ3) is 2.92. The zero-order valence-corrected chi connectivity index (χ0v) is 13.8. The number of rotatable bonds is 3. The summed E-state index contributed by atoms with van der Waals surface area (Å²) in [6.45, 7) is 1.76. The van der Waals surface area contributed by atoms with E-state index in [9.17, 15) is 14.9 Å². The van der Waals surface area contributed by atoms with Gasteiger partial charge in [-0.05, 0) is 30.7 Å². The number of hydrazone groups is 1. The second-order valence-corrected chi connectivity index (χ2v) is 6.08. The second-order valence-electron chi connectivity index (χ2n) is 5.55. The molecule has 1 atom stereocenters. The summed E-state index contributed by atoms with van der Waals surface area (Å²) in [5.41, 5.74) is 2.32. The van der Waals surface area contributed by atoms with Gasteiger partial charge in [0.2, 0.25) is 0 Å². The van der Waals surface area contributed by atoms with Crippen LogP contribution in [0.3, 0.4) is 0 Å². The fourth-order valence-electron chi connectivity index (χ4n) is 2.93. The predicted octanol–water partition coefficient (Wildman–Crippen LogP) is 2.46. The summed E-state index contributed by atoms with van der Waals surface area (Å²) in [6.07, 6.45) is 0. The van der Waals surface area contributed by atoms with Gasteiger partial charge in [-0.2, -0.15) is 18.9 Å². The monoisotopic (exact) mass is 377 g/mol. The van der Waals surface area contributed by atoms with Gasteiger partial charge in [0.15, 0.2) is 5.52 Å². The molecule has 2 aromatic carbocycles. The third-order valence-electron chi connectivity index (χ3n) is 4.07. The molecule has 1 unspecified atom stereocenters. The normalized spacial score (nSPS) is 16.5. The van der Waals surface area contributed by atoms with Crippen molar-refractivity contribution >= 4 is 75.3 Å².